The molecule has 92 valence electrons. The Bertz CT molecular complexity index is 564. The van der Waals surface area contributed by atoms with Gasteiger partial charge in [-0.1, -0.05) is 47.3 Å². The van der Waals surface area contributed by atoms with Gasteiger partial charge in [0, 0.05) is 21.2 Å². The van der Waals surface area contributed by atoms with E-state index in [0.29, 0.717) is 10.7 Å². The van der Waals surface area contributed by atoms with Crippen molar-refractivity contribution in [2.24, 2.45) is 0 Å². The maximum Gasteiger partial charge on any atom is 0.129 e. The molecule has 2 nitrogen and oxygen atoms in total. The fraction of sp³-hybridized carbons (Fsp3) is 0.0769. The van der Waals surface area contributed by atoms with Crippen LogP contribution in [0, 0.1) is 0 Å². The van der Waals surface area contributed by atoms with Gasteiger partial charge in [-0.2, -0.15) is 0 Å². The third kappa shape index (κ3) is 2.41. The van der Waals surface area contributed by atoms with Crippen LogP contribution in [0.15, 0.2) is 52.3 Å². The number of nitrogen functional groups attached to an aromatic ring is 1. The van der Waals surface area contributed by atoms with Crippen LogP contribution < -0.4 is 11.1 Å². The highest BCUT2D eigenvalue weighted by Gasteiger charge is 2.22. The second-order valence-electron chi connectivity index (χ2n) is 3.90. The van der Waals surface area contributed by atoms with E-state index in [4.69, 9.17) is 17.3 Å². The van der Waals surface area contributed by atoms with Crippen molar-refractivity contribution < 1.29 is 0 Å². The van der Waals surface area contributed by atoms with Crippen LogP contribution in [0.5, 0.6) is 0 Å². The molecule has 0 spiro atoms. The highest BCUT2D eigenvalue weighted by molar-refractivity contribution is 8.17. The number of nitrogens with two attached hydrogens (primary N) is 1. The van der Waals surface area contributed by atoms with Gasteiger partial charge in [0.05, 0.1) is 5.02 Å². The average molecular weight is 295 g/mol. The minimum Gasteiger partial charge on any atom is -0.399 e. The molecule has 3 rings (SSSR count). The van der Waals surface area contributed by atoms with Gasteiger partial charge in [0.1, 0.15) is 4.71 Å². The zero-order valence-corrected chi connectivity index (χ0v) is 11.8. The summed E-state index contributed by atoms with van der Waals surface area (Å²) in [5.74, 6) is 0. The number of anilines is 2. The van der Waals surface area contributed by atoms with E-state index in [-0.39, 0.29) is 4.71 Å². The summed E-state index contributed by atoms with van der Waals surface area (Å²) in [6.45, 7) is 0. The van der Waals surface area contributed by atoms with E-state index in [9.17, 15) is 0 Å². The number of hydrogen-bond acceptors (Lipinski definition) is 4. The van der Waals surface area contributed by atoms with E-state index in [0.717, 1.165) is 4.90 Å². The Hall–Kier alpha value is -0.970. The number of hydrogen-bond donors (Lipinski definition) is 2. The first-order valence-corrected chi connectivity index (χ1v) is 7.60. The first kappa shape index (κ1) is 12.1. The lowest BCUT2D eigenvalue weighted by Gasteiger charge is -2.11. The van der Waals surface area contributed by atoms with Crippen LogP contribution in [0.2, 0.25) is 5.02 Å². The standard InChI is InChI=1S/C13H11ClN2S2/c14-9-7-8(15)5-6-11(9)17-13-16-10-3-1-2-4-12(10)18-13/h1-7,13,16H,15H2. The van der Waals surface area contributed by atoms with E-state index in [1.165, 1.54) is 10.6 Å². The summed E-state index contributed by atoms with van der Waals surface area (Å²) in [6, 6.07) is 13.9. The molecule has 1 unspecified atom stereocenters. The molecule has 2 aromatic carbocycles. The van der Waals surface area contributed by atoms with Gasteiger partial charge >= 0.3 is 0 Å². The Labute approximate surface area is 119 Å². The van der Waals surface area contributed by atoms with E-state index < -0.39 is 0 Å². The van der Waals surface area contributed by atoms with Gasteiger partial charge in [-0.15, -0.1) is 0 Å². The number of para-hydroxylation sites is 1. The van der Waals surface area contributed by atoms with Crippen molar-refractivity contribution in [3.63, 3.8) is 0 Å². The van der Waals surface area contributed by atoms with Crippen LogP contribution in [0.4, 0.5) is 11.4 Å². The molecule has 0 aliphatic carbocycles. The third-order valence-corrected chi connectivity index (χ3v) is 5.47. The lowest BCUT2D eigenvalue weighted by Crippen LogP contribution is -2.04. The molecule has 0 saturated heterocycles. The van der Waals surface area contributed by atoms with E-state index in [2.05, 4.69) is 23.5 Å². The first-order chi connectivity index (χ1) is 8.72. The number of nitrogens with one attached hydrogen (secondary N) is 1. The van der Waals surface area contributed by atoms with Crippen LogP contribution >= 0.6 is 35.1 Å². The van der Waals surface area contributed by atoms with Crippen molar-refractivity contribution in [3.8, 4) is 0 Å². The molecule has 1 atom stereocenters. The van der Waals surface area contributed by atoms with Crippen LogP contribution in [0.3, 0.4) is 0 Å². The largest absolute Gasteiger partial charge is 0.399 e. The van der Waals surface area contributed by atoms with E-state index in [1.807, 2.05) is 18.2 Å². The van der Waals surface area contributed by atoms with E-state index >= 15 is 0 Å². The third-order valence-electron chi connectivity index (χ3n) is 2.58. The van der Waals surface area contributed by atoms with Gasteiger partial charge in [0.2, 0.25) is 0 Å². The molecule has 3 N–H and O–H groups in total. The minimum absolute atomic E-state index is 0.253. The molecule has 2 aromatic rings. The monoisotopic (exact) mass is 294 g/mol. The van der Waals surface area contributed by atoms with Crippen LogP contribution in [-0.4, -0.2) is 4.71 Å². The molecule has 1 heterocycles. The SMILES string of the molecule is Nc1ccc(SC2Nc3ccccc3S2)c(Cl)c1. The fourth-order valence-corrected chi connectivity index (χ4v) is 4.44. The molecule has 1 aliphatic heterocycles. The lowest BCUT2D eigenvalue weighted by atomic mass is 10.3. The van der Waals surface area contributed by atoms with E-state index in [1.54, 1.807) is 29.6 Å². The number of halogens is 1. The topological polar surface area (TPSA) is 38.0 Å². The quantitative estimate of drug-likeness (QED) is 0.799. The predicted octanol–water partition coefficient (Wildman–Crippen LogP) is 4.52. The van der Waals surface area contributed by atoms with Gasteiger partial charge < -0.3 is 11.1 Å². The first-order valence-electron chi connectivity index (χ1n) is 5.46. The van der Waals surface area contributed by atoms with Crippen molar-refractivity contribution in [2.75, 3.05) is 11.1 Å². The van der Waals surface area contributed by atoms with Crippen molar-refractivity contribution >= 4 is 46.5 Å². The molecular weight excluding hydrogens is 284 g/mol. The molecule has 0 fully saturated rings. The van der Waals surface area contributed by atoms with Crippen molar-refractivity contribution in [2.45, 2.75) is 14.5 Å². The van der Waals surface area contributed by atoms with Gasteiger partial charge in [-0.05, 0) is 30.3 Å². The fourth-order valence-electron chi connectivity index (χ4n) is 1.74. The zero-order chi connectivity index (χ0) is 12.5. The van der Waals surface area contributed by atoms with Crippen LogP contribution in [0.1, 0.15) is 0 Å². The number of fused-ring (bicyclic) bond motifs is 1. The average Bonchev–Trinajstić information content (AvgIpc) is 2.75. The summed E-state index contributed by atoms with van der Waals surface area (Å²) in [5, 5.41) is 4.17. The molecular formula is C13H11ClN2S2. The van der Waals surface area contributed by atoms with Crippen molar-refractivity contribution in [1.82, 2.24) is 0 Å². The molecule has 0 radical (unpaired) electrons. The molecule has 5 heteroatoms. The summed E-state index contributed by atoms with van der Waals surface area (Å²) in [7, 11) is 0. The lowest BCUT2D eigenvalue weighted by molar-refractivity contribution is 1.37. The van der Waals surface area contributed by atoms with Gasteiger partial charge in [-0.25, -0.2) is 0 Å². The molecule has 18 heavy (non-hydrogen) atoms. The maximum atomic E-state index is 6.18. The van der Waals surface area contributed by atoms with Gasteiger partial charge in [-0.3, -0.25) is 0 Å². The van der Waals surface area contributed by atoms with Crippen molar-refractivity contribution in [1.29, 1.82) is 0 Å². The normalized spacial score (nSPS) is 17.3. The Kier molecular flexibility index (Phi) is 3.33. The summed E-state index contributed by atoms with van der Waals surface area (Å²) in [6.07, 6.45) is 0. The Morgan fingerprint density at radius 2 is 2.06 bits per heavy atom. The summed E-state index contributed by atoms with van der Waals surface area (Å²) in [4.78, 5) is 2.32. The number of rotatable bonds is 2. The highest BCUT2D eigenvalue weighted by Crippen LogP contribution is 2.46. The second-order valence-corrected chi connectivity index (χ2v) is 6.90. The molecule has 0 bridgehead atoms. The van der Waals surface area contributed by atoms with Gasteiger partial charge in [0.15, 0.2) is 0 Å². The Morgan fingerprint density at radius 3 is 2.83 bits per heavy atom. The summed E-state index contributed by atoms with van der Waals surface area (Å²) < 4.78 is 0.253. The van der Waals surface area contributed by atoms with Crippen LogP contribution in [-0.2, 0) is 0 Å². The highest BCUT2D eigenvalue weighted by atomic mass is 35.5. The van der Waals surface area contributed by atoms with Crippen LogP contribution in [0.25, 0.3) is 0 Å². The molecule has 1 aliphatic rings. The Balaban J connectivity index is 1.76. The van der Waals surface area contributed by atoms with Gasteiger partial charge in [0.25, 0.3) is 0 Å². The summed E-state index contributed by atoms with van der Waals surface area (Å²) in [5.41, 5.74) is 7.57. The number of thioether (sulfide) groups is 2. The smallest absolute Gasteiger partial charge is 0.129 e. The number of benzene rings is 2. The molecule has 0 aromatic heterocycles. The summed E-state index contributed by atoms with van der Waals surface area (Å²) >= 11 is 9.69. The Morgan fingerprint density at radius 1 is 1.22 bits per heavy atom. The molecule has 0 saturated carbocycles. The predicted molar refractivity (Wildman–Crippen MR) is 81.4 cm³/mol. The molecule has 0 amide bonds. The minimum atomic E-state index is 0.253. The maximum absolute atomic E-state index is 6.18. The zero-order valence-electron chi connectivity index (χ0n) is 9.39. The second kappa shape index (κ2) is 4.96. The van der Waals surface area contributed by atoms with Crippen molar-refractivity contribution in [3.05, 3.63) is 47.5 Å².